The molecule has 0 amide bonds. The number of ether oxygens (including phenoxy) is 1. The van der Waals surface area contributed by atoms with Crippen molar-refractivity contribution in [1.82, 2.24) is 19.9 Å². The average molecular weight is 1010 g/mol. The first-order valence-electron chi connectivity index (χ1n) is 25.8. The molecule has 0 bridgehead atoms. The zero-order valence-electron chi connectivity index (χ0n) is 41.7. The Hall–Kier alpha value is -10.2. The van der Waals surface area contributed by atoms with Crippen LogP contribution in [-0.4, -0.2) is 28.0 Å². The number of benzene rings is 8. The molecule has 364 valence electrons. The summed E-state index contributed by atoms with van der Waals surface area (Å²) in [6, 6.07) is 92.8. The molecule has 8 aromatic carbocycles. The Kier molecular flexibility index (Phi) is 11.3. The summed E-state index contributed by atoms with van der Waals surface area (Å²) in [4.78, 5) is 26.4. The number of fused-ring (bicyclic) bond motifs is 4. The highest BCUT2D eigenvalue weighted by molar-refractivity contribution is 7.21. The zero-order chi connectivity index (χ0) is 51.1. The van der Waals surface area contributed by atoms with E-state index in [2.05, 4.69) is 236 Å². The van der Waals surface area contributed by atoms with Crippen molar-refractivity contribution in [2.45, 2.75) is 0 Å². The van der Waals surface area contributed by atoms with Crippen molar-refractivity contribution in [3.63, 3.8) is 0 Å². The van der Waals surface area contributed by atoms with Crippen LogP contribution >= 0.6 is 0 Å². The summed E-state index contributed by atoms with van der Waals surface area (Å²) in [7, 11) is -2.94. The fraction of sp³-hybridized carbons (Fsp3) is 0. The molecule has 8 nitrogen and oxygen atoms in total. The van der Waals surface area contributed by atoms with Gasteiger partial charge in [-0.3, -0.25) is 24.8 Å². The van der Waals surface area contributed by atoms with Gasteiger partial charge in [0.05, 0.1) is 28.5 Å². The summed E-state index contributed by atoms with van der Waals surface area (Å²) in [5.41, 5.74) is 12.7. The number of nitrogens with zero attached hydrogens (tertiary/aromatic N) is 7. The van der Waals surface area contributed by atoms with E-state index in [0.29, 0.717) is 0 Å². The lowest BCUT2D eigenvalue weighted by Gasteiger charge is -2.45. The Balaban J connectivity index is 1.01. The van der Waals surface area contributed by atoms with Crippen LogP contribution in [0.3, 0.4) is 0 Å². The predicted molar refractivity (Wildman–Crippen MR) is 315 cm³/mol. The SMILES string of the molecule is c1ccc([Si]2(c3ccccc3)c3ccccc3N(c3cc(N(c4ccc(-c5ccncc5)cc4)c4ccc(-c5ccnc(-c6ccccn6)c5)cc4)cc(N4c5ccccc5Oc5ccccc54)n3)c3ccccc32)cc1. The molecule has 2 aliphatic rings. The van der Waals surface area contributed by atoms with Crippen LogP contribution in [0.25, 0.3) is 33.6 Å². The lowest BCUT2D eigenvalue weighted by atomic mass is 10.0. The summed E-state index contributed by atoms with van der Waals surface area (Å²) in [6.07, 6.45) is 7.33. The van der Waals surface area contributed by atoms with E-state index >= 15 is 0 Å². The molecule has 0 radical (unpaired) electrons. The number of pyridine rings is 4. The van der Waals surface area contributed by atoms with Gasteiger partial charge < -0.3 is 9.64 Å². The van der Waals surface area contributed by atoms with Crippen molar-refractivity contribution in [3.05, 3.63) is 286 Å². The first-order valence-corrected chi connectivity index (χ1v) is 27.8. The molecule has 77 heavy (non-hydrogen) atoms. The number of para-hydroxylation sites is 6. The highest BCUT2D eigenvalue weighted by Gasteiger charge is 2.49. The summed E-state index contributed by atoms with van der Waals surface area (Å²) in [6.45, 7) is 0. The summed E-state index contributed by atoms with van der Waals surface area (Å²) in [5, 5.41) is 5.21. The van der Waals surface area contributed by atoms with Crippen molar-refractivity contribution in [2.75, 3.05) is 14.7 Å². The lowest BCUT2D eigenvalue weighted by molar-refractivity contribution is 0.476. The van der Waals surface area contributed by atoms with Gasteiger partial charge in [0.1, 0.15) is 11.6 Å². The zero-order valence-corrected chi connectivity index (χ0v) is 42.7. The van der Waals surface area contributed by atoms with Crippen LogP contribution in [-0.2, 0) is 0 Å². The number of aromatic nitrogens is 4. The Morgan fingerprint density at radius 1 is 0.338 bits per heavy atom. The molecule has 14 rings (SSSR count). The molecule has 2 aliphatic heterocycles. The monoisotopic (exact) mass is 1010 g/mol. The molecule has 12 aromatic rings. The Morgan fingerprint density at radius 3 is 1.35 bits per heavy atom. The van der Waals surface area contributed by atoms with Crippen molar-refractivity contribution in [3.8, 4) is 45.1 Å². The standard InChI is InChI=1S/C68H47N7OSi/c1-3-17-55(18-4-1)77(56-19-5-2-6-20-56)65-28-13-9-24-61(65)75(62-25-10-14-29-66(62)77)68-47-54(46-67(72-68)74-59-22-7-11-26-63(59)76-64-27-12-8-23-60(64)74)73(52-34-30-48(31-35-52)50-38-42-69-43-39-50)53-36-32-49(33-37-53)51-40-44-71-58(45-51)57-21-15-16-41-70-57/h1-47H. The topological polar surface area (TPSA) is 70.5 Å². The summed E-state index contributed by atoms with van der Waals surface area (Å²) >= 11 is 0. The summed E-state index contributed by atoms with van der Waals surface area (Å²) < 4.78 is 6.62. The number of hydrogen-bond acceptors (Lipinski definition) is 8. The fourth-order valence-electron chi connectivity index (χ4n) is 11.3. The van der Waals surface area contributed by atoms with Gasteiger partial charge in [0, 0.05) is 59.7 Å². The number of hydrogen-bond donors (Lipinski definition) is 0. The van der Waals surface area contributed by atoms with E-state index in [-0.39, 0.29) is 0 Å². The molecule has 0 fully saturated rings. The first kappa shape index (κ1) is 45.4. The van der Waals surface area contributed by atoms with Crippen LogP contribution in [0, 0.1) is 0 Å². The van der Waals surface area contributed by atoms with Crippen molar-refractivity contribution in [1.29, 1.82) is 0 Å². The maximum Gasteiger partial charge on any atom is 0.184 e. The van der Waals surface area contributed by atoms with Gasteiger partial charge in [-0.15, -0.1) is 0 Å². The van der Waals surface area contributed by atoms with E-state index in [4.69, 9.17) is 9.72 Å². The fourth-order valence-corrected chi connectivity index (χ4v) is 16.4. The van der Waals surface area contributed by atoms with Gasteiger partial charge in [0.15, 0.2) is 19.6 Å². The van der Waals surface area contributed by atoms with E-state index in [1.165, 1.54) is 20.7 Å². The second kappa shape index (κ2) is 19.2. The van der Waals surface area contributed by atoms with Gasteiger partial charge in [-0.25, -0.2) is 4.98 Å². The van der Waals surface area contributed by atoms with E-state index in [0.717, 1.165) is 96.6 Å². The second-order valence-electron chi connectivity index (χ2n) is 19.1. The molecule has 0 atom stereocenters. The minimum Gasteiger partial charge on any atom is -0.453 e. The normalized spacial score (nSPS) is 12.8. The van der Waals surface area contributed by atoms with Crippen molar-refractivity contribution in [2.24, 2.45) is 0 Å². The Labute approximate surface area is 448 Å². The third-order valence-corrected chi connectivity index (χ3v) is 19.6. The maximum absolute atomic E-state index is 6.62. The van der Waals surface area contributed by atoms with E-state index < -0.39 is 8.07 Å². The average Bonchev–Trinajstić information content (AvgIpc) is 3.57. The largest absolute Gasteiger partial charge is 0.453 e. The quantitative estimate of drug-likeness (QED) is 0.126. The minimum atomic E-state index is -2.94. The van der Waals surface area contributed by atoms with Crippen LogP contribution in [0.1, 0.15) is 0 Å². The van der Waals surface area contributed by atoms with Crippen molar-refractivity contribution < 1.29 is 4.74 Å². The Bertz CT molecular complexity index is 3960. The smallest absolute Gasteiger partial charge is 0.184 e. The highest BCUT2D eigenvalue weighted by atomic mass is 28.3. The molecule has 0 saturated heterocycles. The van der Waals surface area contributed by atoms with Gasteiger partial charge in [0.25, 0.3) is 0 Å². The molecular weight excluding hydrogens is 959 g/mol. The predicted octanol–water partition coefficient (Wildman–Crippen LogP) is 14.5. The van der Waals surface area contributed by atoms with E-state index in [1.54, 1.807) is 6.20 Å². The van der Waals surface area contributed by atoms with Gasteiger partial charge >= 0.3 is 0 Å². The van der Waals surface area contributed by atoms with Crippen molar-refractivity contribution >= 4 is 80.3 Å². The molecule has 6 heterocycles. The first-order chi connectivity index (χ1) is 38.2. The third kappa shape index (κ3) is 7.92. The molecule has 0 spiro atoms. The van der Waals surface area contributed by atoms with Crippen LogP contribution in [0.15, 0.2) is 286 Å². The van der Waals surface area contributed by atoms with Gasteiger partial charge in [-0.1, -0.05) is 152 Å². The molecule has 4 aromatic heterocycles. The van der Waals surface area contributed by atoms with Gasteiger partial charge in [0.2, 0.25) is 0 Å². The van der Waals surface area contributed by atoms with Crippen LogP contribution < -0.4 is 40.2 Å². The number of anilines is 9. The van der Waals surface area contributed by atoms with Gasteiger partial charge in [-0.05, 0) is 140 Å². The second-order valence-corrected chi connectivity index (χ2v) is 22.8. The highest BCUT2D eigenvalue weighted by Crippen LogP contribution is 2.52. The molecule has 0 N–H and O–H groups in total. The molecule has 9 heteroatoms. The van der Waals surface area contributed by atoms with Crippen LogP contribution in [0.4, 0.5) is 51.4 Å². The molecule has 0 unspecified atom stereocenters. The van der Waals surface area contributed by atoms with Crippen LogP contribution in [0.5, 0.6) is 11.5 Å². The number of rotatable bonds is 10. The third-order valence-electron chi connectivity index (χ3n) is 14.7. The van der Waals surface area contributed by atoms with Gasteiger partial charge in [-0.2, -0.15) is 0 Å². The molecule has 0 saturated carbocycles. The van der Waals surface area contributed by atoms with Crippen LogP contribution in [0.2, 0.25) is 0 Å². The molecular formula is C68H47N7OSi. The lowest BCUT2D eigenvalue weighted by Crippen LogP contribution is -2.77. The van der Waals surface area contributed by atoms with E-state index in [1.807, 2.05) is 73.2 Å². The molecule has 0 aliphatic carbocycles. The van der Waals surface area contributed by atoms with E-state index in [9.17, 15) is 0 Å². The minimum absolute atomic E-state index is 0.727. The Morgan fingerprint density at radius 2 is 0.792 bits per heavy atom. The summed E-state index contributed by atoms with van der Waals surface area (Å²) in [5.74, 6) is 2.98. The maximum atomic E-state index is 6.62.